The van der Waals surface area contributed by atoms with Crippen molar-refractivity contribution in [3.8, 4) is 0 Å². The lowest BCUT2D eigenvalue weighted by Gasteiger charge is -2.32. The minimum Gasteiger partial charge on any atom is -0.399 e. The Balaban J connectivity index is 1.81. The molecular formula is C16H24BNO4. The quantitative estimate of drug-likeness (QED) is 0.784. The molecule has 6 heteroatoms. The second kappa shape index (κ2) is 5.03. The van der Waals surface area contributed by atoms with Gasteiger partial charge in [0.15, 0.2) is 5.79 Å². The second-order valence-corrected chi connectivity index (χ2v) is 7.46. The Labute approximate surface area is 132 Å². The summed E-state index contributed by atoms with van der Waals surface area (Å²) in [5.74, 6) is -0.551. The summed E-state index contributed by atoms with van der Waals surface area (Å²) in [7, 11) is -0.409. The van der Waals surface area contributed by atoms with Crippen molar-refractivity contribution in [3.63, 3.8) is 0 Å². The van der Waals surface area contributed by atoms with Crippen molar-refractivity contribution in [2.75, 3.05) is 6.61 Å². The summed E-state index contributed by atoms with van der Waals surface area (Å²) >= 11 is 0. The molecule has 120 valence electrons. The third kappa shape index (κ3) is 2.81. The normalized spacial score (nSPS) is 29.0. The molecule has 22 heavy (non-hydrogen) atoms. The van der Waals surface area contributed by atoms with E-state index in [9.17, 15) is 0 Å². The highest BCUT2D eigenvalue weighted by Gasteiger charge is 2.52. The first-order valence-electron chi connectivity index (χ1n) is 7.72. The van der Waals surface area contributed by atoms with Gasteiger partial charge in [0.1, 0.15) is 6.10 Å². The van der Waals surface area contributed by atoms with Gasteiger partial charge in [0.05, 0.1) is 17.8 Å². The van der Waals surface area contributed by atoms with Gasteiger partial charge in [0.2, 0.25) is 0 Å². The predicted octanol–water partition coefficient (Wildman–Crippen LogP) is 2.20. The molecule has 2 saturated heterocycles. The van der Waals surface area contributed by atoms with E-state index in [1.807, 2.05) is 53.8 Å². The highest BCUT2D eigenvalue weighted by molar-refractivity contribution is 6.62. The Bertz CT molecular complexity index is 557. The minimum absolute atomic E-state index is 0.107. The van der Waals surface area contributed by atoms with Crippen LogP contribution in [0.25, 0.3) is 0 Å². The molecule has 0 aromatic carbocycles. The summed E-state index contributed by atoms with van der Waals surface area (Å²) < 4.78 is 23.7. The molecule has 0 N–H and O–H groups in total. The number of pyridine rings is 1. The van der Waals surface area contributed by atoms with Crippen LogP contribution in [0.1, 0.15) is 53.2 Å². The molecule has 1 unspecified atom stereocenters. The lowest BCUT2D eigenvalue weighted by molar-refractivity contribution is -0.139. The van der Waals surface area contributed by atoms with Crippen LogP contribution in [0.4, 0.5) is 0 Å². The van der Waals surface area contributed by atoms with Crippen molar-refractivity contribution >= 4 is 12.6 Å². The fourth-order valence-corrected chi connectivity index (χ4v) is 2.61. The van der Waals surface area contributed by atoms with Crippen LogP contribution in [0.3, 0.4) is 0 Å². The van der Waals surface area contributed by atoms with Crippen LogP contribution in [0.2, 0.25) is 0 Å². The summed E-state index contributed by atoms with van der Waals surface area (Å²) in [4.78, 5) is 4.32. The van der Waals surface area contributed by atoms with Gasteiger partial charge in [-0.2, -0.15) is 0 Å². The van der Waals surface area contributed by atoms with E-state index in [4.69, 9.17) is 18.8 Å². The van der Waals surface area contributed by atoms with Gasteiger partial charge in [0, 0.05) is 23.4 Å². The van der Waals surface area contributed by atoms with Crippen LogP contribution in [0.5, 0.6) is 0 Å². The van der Waals surface area contributed by atoms with Crippen LogP contribution in [0.15, 0.2) is 18.5 Å². The molecule has 2 aliphatic heterocycles. The SMILES string of the molecule is CC1(C)OCC(c2cncc(B3OC(C)(C)C(C)(C)O3)c2)O1. The molecule has 0 bridgehead atoms. The number of rotatable bonds is 2. The van der Waals surface area contributed by atoms with E-state index in [1.165, 1.54) is 0 Å². The zero-order valence-electron chi connectivity index (χ0n) is 14.2. The number of ether oxygens (including phenoxy) is 2. The van der Waals surface area contributed by atoms with Gasteiger partial charge < -0.3 is 18.8 Å². The predicted molar refractivity (Wildman–Crippen MR) is 83.8 cm³/mol. The highest BCUT2D eigenvalue weighted by Crippen LogP contribution is 2.37. The minimum atomic E-state index is -0.551. The van der Waals surface area contributed by atoms with Crippen molar-refractivity contribution in [1.29, 1.82) is 0 Å². The summed E-state index contributed by atoms with van der Waals surface area (Å²) in [5.41, 5.74) is 1.17. The molecule has 1 aromatic rings. The Morgan fingerprint density at radius 2 is 1.68 bits per heavy atom. The summed E-state index contributed by atoms with van der Waals surface area (Å²) in [6.45, 7) is 12.5. The smallest absolute Gasteiger partial charge is 0.399 e. The van der Waals surface area contributed by atoms with Crippen LogP contribution >= 0.6 is 0 Å². The number of hydrogen-bond donors (Lipinski definition) is 0. The molecule has 5 nitrogen and oxygen atoms in total. The van der Waals surface area contributed by atoms with Gasteiger partial charge >= 0.3 is 7.12 Å². The fraction of sp³-hybridized carbons (Fsp3) is 0.688. The van der Waals surface area contributed by atoms with Crippen LogP contribution in [-0.4, -0.2) is 35.7 Å². The van der Waals surface area contributed by atoms with E-state index in [1.54, 1.807) is 6.20 Å². The zero-order valence-corrected chi connectivity index (χ0v) is 14.2. The van der Waals surface area contributed by atoms with Crippen LogP contribution < -0.4 is 5.46 Å². The lowest BCUT2D eigenvalue weighted by atomic mass is 9.79. The molecule has 0 saturated carbocycles. The molecule has 0 amide bonds. The molecule has 2 aliphatic rings. The standard InChI is InChI=1S/C16H24BNO4/c1-14(2)15(3,4)22-17(21-14)12-7-11(8-18-9-12)13-10-19-16(5,6)20-13/h7-9,13H,10H2,1-6H3. The maximum absolute atomic E-state index is 6.07. The van der Waals surface area contributed by atoms with Gasteiger partial charge in [-0.1, -0.05) is 6.07 Å². The van der Waals surface area contributed by atoms with Gasteiger partial charge in [-0.15, -0.1) is 0 Å². The monoisotopic (exact) mass is 305 g/mol. The number of nitrogens with zero attached hydrogens (tertiary/aromatic N) is 1. The average Bonchev–Trinajstić information content (AvgIpc) is 2.87. The van der Waals surface area contributed by atoms with E-state index < -0.39 is 12.9 Å². The van der Waals surface area contributed by atoms with E-state index in [2.05, 4.69) is 4.98 Å². The molecule has 1 aromatic heterocycles. The largest absolute Gasteiger partial charge is 0.496 e. The molecule has 3 rings (SSSR count). The van der Waals surface area contributed by atoms with Gasteiger partial charge in [0.25, 0.3) is 0 Å². The van der Waals surface area contributed by atoms with Crippen molar-refractivity contribution in [1.82, 2.24) is 4.98 Å². The van der Waals surface area contributed by atoms with Gasteiger partial charge in [-0.05, 0) is 41.5 Å². The second-order valence-electron chi connectivity index (χ2n) is 7.46. The Morgan fingerprint density at radius 1 is 1.05 bits per heavy atom. The maximum atomic E-state index is 6.07. The summed E-state index contributed by atoms with van der Waals surface area (Å²) in [6.07, 6.45) is 3.49. The Hall–Kier alpha value is -0.945. The Kier molecular flexibility index (Phi) is 3.64. The number of hydrogen-bond acceptors (Lipinski definition) is 5. The van der Waals surface area contributed by atoms with E-state index >= 15 is 0 Å². The average molecular weight is 305 g/mol. The first kappa shape index (κ1) is 15.9. The lowest BCUT2D eigenvalue weighted by Crippen LogP contribution is -2.41. The van der Waals surface area contributed by atoms with Crippen LogP contribution in [-0.2, 0) is 18.8 Å². The third-order valence-electron chi connectivity index (χ3n) is 4.69. The van der Waals surface area contributed by atoms with E-state index in [-0.39, 0.29) is 17.3 Å². The topological polar surface area (TPSA) is 49.8 Å². The molecule has 0 spiro atoms. The Morgan fingerprint density at radius 3 is 2.23 bits per heavy atom. The molecule has 1 atom stereocenters. The van der Waals surface area contributed by atoms with Gasteiger partial charge in [-0.3, -0.25) is 4.98 Å². The van der Waals surface area contributed by atoms with Crippen LogP contribution in [0, 0.1) is 0 Å². The highest BCUT2D eigenvalue weighted by atomic mass is 16.7. The van der Waals surface area contributed by atoms with Crippen molar-refractivity contribution in [3.05, 3.63) is 24.0 Å². The van der Waals surface area contributed by atoms with E-state index in [0.29, 0.717) is 6.61 Å². The van der Waals surface area contributed by atoms with Crippen molar-refractivity contribution in [2.45, 2.75) is 64.6 Å². The van der Waals surface area contributed by atoms with Gasteiger partial charge in [-0.25, -0.2) is 0 Å². The molecule has 2 fully saturated rings. The third-order valence-corrected chi connectivity index (χ3v) is 4.69. The summed E-state index contributed by atoms with van der Waals surface area (Å²) in [6, 6.07) is 2.03. The molecule has 0 radical (unpaired) electrons. The zero-order chi connectivity index (χ0) is 16.2. The first-order chi connectivity index (χ1) is 10.1. The number of aromatic nitrogens is 1. The van der Waals surface area contributed by atoms with E-state index in [0.717, 1.165) is 11.0 Å². The molecular weight excluding hydrogens is 281 g/mol. The van der Waals surface area contributed by atoms with Crippen molar-refractivity contribution in [2.24, 2.45) is 0 Å². The van der Waals surface area contributed by atoms with Crippen molar-refractivity contribution < 1.29 is 18.8 Å². The maximum Gasteiger partial charge on any atom is 0.496 e. The fourth-order valence-electron chi connectivity index (χ4n) is 2.61. The molecule has 0 aliphatic carbocycles. The summed E-state index contributed by atoms with van der Waals surface area (Å²) in [5, 5.41) is 0. The molecule has 3 heterocycles. The first-order valence-corrected chi connectivity index (χ1v) is 7.72.